The van der Waals surface area contributed by atoms with Crippen LogP contribution in [0, 0.1) is 0 Å². The van der Waals surface area contributed by atoms with Crippen molar-refractivity contribution in [3.63, 3.8) is 0 Å². The Balaban J connectivity index is 2.48. The molecule has 0 unspecified atom stereocenters. The highest BCUT2D eigenvalue weighted by Gasteiger charge is 2.19. The molecule has 0 radical (unpaired) electrons. The first-order valence-corrected chi connectivity index (χ1v) is 3.79. The largest absolute Gasteiger partial charge is 0.288 e. The molecule has 0 aliphatic heterocycles. The number of benzene rings is 1. The van der Waals surface area contributed by atoms with Gasteiger partial charge in [0.25, 0.3) is 0 Å². The lowest BCUT2D eigenvalue weighted by Gasteiger charge is -1.87. The van der Waals surface area contributed by atoms with Gasteiger partial charge in [-0.05, 0) is 5.56 Å². The Bertz CT molecular complexity index is 382. The molecule has 2 rings (SSSR count). The summed E-state index contributed by atoms with van der Waals surface area (Å²) in [5.41, 5.74) is 1.83. The van der Waals surface area contributed by atoms with E-state index in [1.54, 1.807) is 0 Å². The Kier molecular flexibility index (Phi) is 1.36. The molecule has 0 saturated heterocycles. The van der Waals surface area contributed by atoms with Crippen molar-refractivity contribution in [2.24, 2.45) is 0 Å². The first-order chi connectivity index (χ1) is 5.30. The molecule has 0 heterocycles. The third kappa shape index (κ3) is 0.994. The van der Waals surface area contributed by atoms with Crippen molar-refractivity contribution in [3.8, 4) is 11.1 Å². The number of hydrogen-bond acceptors (Lipinski definition) is 2. The third-order valence-electron chi connectivity index (χ3n) is 1.68. The second-order valence-corrected chi connectivity index (χ2v) is 2.87. The van der Waals surface area contributed by atoms with E-state index in [0.29, 0.717) is 4.90 Å². The first kappa shape index (κ1) is 6.68. The van der Waals surface area contributed by atoms with Crippen LogP contribution in [0.3, 0.4) is 0 Å². The molecular formula is C9H6OS. The highest BCUT2D eigenvalue weighted by molar-refractivity contribution is 7.80. The Hall–Kier alpha value is -1.02. The Morgan fingerprint density at radius 2 is 1.64 bits per heavy atom. The van der Waals surface area contributed by atoms with Crippen LogP contribution in [0.2, 0.25) is 0 Å². The van der Waals surface area contributed by atoms with E-state index in [-0.39, 0.29) is 5.43 Å². The smallest absolute Gasteiger partial charge is 0.201 e. The maximum Gasteiger partial charge on any atom is 0.201 e. The quantitative estimate of drug-likeness (QED) is 0.633. The van der Waals surface area contributed by atoms with E-state index < -0.39 is 0 Å². The maximum atomic E-state index is 10.9. The van der Waals surface area contributed by atoms with Crippen molar-refractivity contribution < 1.29 is 0 Å². The molecule has 0 N–H and O–H groups in total. The third-order valence-corrected chi connectivity index (χ3v) is 2.11. The summed E-state index contributed by atoms with van der Waals surface area (Å²) < 4.78 is 0. The minimum absolute atomic E-state index is 0.0829. The molecule has 0 aliphatic carbocycles. The summed E-state index contributed by atoms with van der Waals surface area (Å²) in [6.45, 7) is 0. The van der Waals surface area contributed by atoms with E-state index in [2.05, 4.69) is 12.6 Å². The molecule has 0 fully saturated rings. The molecule has 0 spiro atoms. The summed E-state index contributed by atoms with van der Waals surface area (Å²) in [6, 6.07) is 9.58. The molecule has 2 aromatic rings. The van der Waals surface area contributed by atoms with E-state index in [9.17, 15) is 4.79 Å². The number of thiol groups is 1. The van der Waals surface area contributed by atoms with E-state index >= 15 is 0 Å². The second-order valence-electron chi connectivity index (χ2n) is 2.42. The van der Waals surface area contributed by atoms with Crippen molar-refractivity contribution in [3.05, 3.63) is 40.6 Å². The van der Waals surface area contributed by atoms with Crippen LogP contribution in [0.4, 0.5) is 0 Å². The molecule has 2 aromatic carbocycles. The summed E-state index contributed by atoms with van der Waals surface area (Å²) in [5.74, 6) is 0. The van der Waals surface area contributed by atoms with Gasteiger partial charge < -0.3 is 0 Å². The van der Waals surface area contributed by atoms with Crippen molar-refractivity contribution in [1.29, 1.82) is 0 Å². The van der Waals surface area contributed by atoms with Crippen molar-refractivity contribution in [1.82, 2.24) is 0 Å². The van der Waals surface area contributed by atoms with Gasteiger partial charge in [-0.25, -0.2) is 0 Å². The van der Waals surface area contributed by atoms with Crippen molar-refractivity contribution in [2.75, 3.05) is 0 Å². The lowest BCUT2D eigenvalue weighted by molar-refractivity contribution is 1.69. The van der Waals surface area contributed by atoms with Gasteiger partial charge in [0.15, 0.2) is 0 Å². The van der Waals surface area contributed by atoms with Gasteiger partial charge in [-0.3, -0.25) is 4.79 Å². The van der Waals surface area contributed by atoms with E-state index in [1.807, 2.05) is 30.3 Å². The van der Waals surface area contributed by atoms with Crippen LogP contribution in [0.15, 0.2) is 40.0 Å². The molecule has 0 saturated carbocycles. The second kappa shape index (κ2) is 2.24. The van der Waals surface area contributed by atoms with Crippen LogP contribution in [0.1, 0.15) is 0 Å². The zero-order valence-corrected chi connectivity index (χ0v) is 6.64. The minimum Gasteiger partial charge on any atom is -0.288 e. The van der Waals surface area contributed by atoms with Gasteiger partial charge >= 0.3 is 0 Å². The predicted molar refractivity (Wildman–Crippen MR) is 47.8 cm³/mol. The molecule has 0 atom stereocenters. The van der Waals surface area contributed by atoms with E-state index in [0.717, 1.165) is 11.1 Å². The van der Waals surface area contributed by atoms with Crippen LogP contribution in [0.25, 0.3) is 11.1 Å². The zero-order chi connectivity index (χ0) is 7.84. The highest BCUT2D eigenvalue weighted by Crippen LogP contribution is 2.27. The molecule has 0 amide bonds. The molecule has 1 nitrogen and oxygen atoms in total. The summed E-state index contributed by atoms with van der Waals surface area (Å²) in [4.78, 5) is 11.5. The van der Waals surface area contributed by atoms with Gasteiger partial charge in [0.2, 0.25) is 5.43 Å². The van der Waals surface area contributed by atoms with Gasteiger partial charge in [0.1, 0.15) is 0 Å². The van der Waals surface area contributed by atoms with Gasteiger partial charge in [-0.15, -0.1) is 12.6 Å². The van der Waals surface area contributed by atoms with Crippen LogP contribution in [0.5, 0.6) is 0 Å². The molecule has 11 heavy (non-hydrogen) atoms. The highest BCUT2D eigenvalue weighted by atomic mass is 32.1. The van der Waals surface area contributed by atoms with E-state index in [1.165, 1.54) is 0 Å². The summed E-state index contributed by atoms with van der Waals surface area (Å²) >= 11 is 4.01. The van der Waals surface area contributed by atoms with Crippen LogP contribution >= 0.6 is 12.6 Å². The Labute approximate surface area is 69.8 Å². The zero-order valence-electron chi connectivity index (χ0n) is 5.74. The minimum atomic E-state index is 0.0829. The number of rotatable bonds is 1. The van der Waals surface area contributed by atoms with Crippen molar-refractivity contribution >= 4 is 12.6 Å². The van der Waals surface area contributed by atoms with Crippen LogP contribution in [-0.2, 0) is 0 Å². The molecule has 0 aliphatic rings. The molecule has 0 bridgehead atoms. The molecular weight excluding hydrogens is 156 g/mol. The van der Waals surface area contributed by atoms with Gasteiger partial charge in [-0.2, -0.15) is 0 Å². The average molecular weight is 162 g/mol. The van der Waals surface area contributed by atoms with Gasteiger partial charge in [0.05, 0.1) is 4.90 Å². The number of hydrogen-bond donors (Lipinski definition) is 1. The normalized spacial score (nSPS) is 10.6. The molecule has 0 aromatic heterocycles. The summed E-state index contributed by atoms with van der Waals surface area (Å²) in [7, 11) is 0. The van der Waals surface area contributed by atoms with Crippen molar-refractivity contribution in [2.45, 2.75) is 4.90 Å². The summed E-state index contributed by atoms with van der Waals surface area (Å²) in [6.07, 6.45) is 0. The lowest BCUT2D eigenvalue weighted by Crippen LogP contribution is -1.75. The fourth-order valence-corrected chi connectivity index (χ4v) is 1.32. The first-order valence-electron chi connectivity index (χ1n) is 3.34. The standard InChI is InChI=1S/C9H6OS/c10-8-7(9(8)11)6-4-2-1-3-5-6/h1-5,11H. The Morgan fingerprint density at radius 1 is 1.09 bits per heavy atom. The van der Waals surface area contributed by atoms with Crippen LogP contribution in [-0.4, -0.2) is 0 Å². The monoisotopic (exact) mass is 162 g/mol. The maximum absolute atomic E-state index is 10.9. The fraction of sp³-hybridized carbons (Fsp3) is 0. The SMILES string of the molecule is O=c1c(S)c1-c1ccccc1. The average Bonchev–Trinajstić information content (AvgIpc) is 2.62. The van der Waals surface area contributed by atoms with Gasteiger partial charge in [-0.1, -0.05) is 30.3 Å². The predicted octanol–water partition coefficient (Wildman–Crippen LogP) is 1.88. The lowest BCUT2D eigenvalue weighted by atomic mass is 10.2. The topological polar surface area (TPSA) is 17.1 Å². The van der Waals surface area contributed by atoms with E-state index in [4.69, 9.17) is 0 Å². The van der Waals surface area contributed by atoms with Crippen LogP contribution < -0.4 is 5.43 Å². The fourth-order valence-electron chi connectivity index (χ4n) is 1.03. The van der Waals surface area contributed by atoms with Gasteiger partial charge in [0, 0.05) is 5.56 Å². The molecule has 2 heteroatoms. The Morgan fingerprint density at radius 3 is 2.09 bits per heavy atom. The molecule has 54 valence electrons. The summed E-state index contributed by atoms with van der Waals surface area (Å²) in [5, 5.41) is 0.